The van der Waals surface area contributed by atoms with Crippen molar-refractivity contribution in [2.24, 2.45) is 0 Å². The van der Waals surface area contributed by atoms with Gasteiger partial charge in [0.25, 0.3) is 0 Å². The van der Waals surface area contributed by atoms with Gasteiger partial charge in [-0.25, -0.2) is 0 Å². The summed E-state index contributed by atoms with van der Waals surface area (Å²) in [6, 6.07) is 0. The van der Waals surface area contributed by atoms with Crippen LogP contribution < -0.4 is 5.11 Å². The van der Waals surface area contributed by atoms with Crippen molar-refractivity contribution in [1.82, 2.24) is 0 Å². The minimum absolute atomic E-state index is 0.196. The van der Waals surface area contributed by atoms with Gasteiger partial charge in [0.05, 0.1) is 0 Å². The molecule has 0 saturated carbocycles. The highest BCUT2D eigenvalue weighted by Crippen LogP contribution is 2.07. The second-order valence-corrected chi connectivity index (χ2v) is 3.67. The molecule has 2 heteroatoms. The van der Waals surface area contributed by atoms with Gasteiger partial charge in [0, 0.05) is 12.4 Å². The number of unbranched alkanes of at least 4 members (excludes halogenated alkanes) is 6. The highest BCUT2D eigenvalue weighted by molar-refractivity contribution is 5.63. The molecule has 0 rings (SSSR count). The molecule has 0 saturated heterocycles. The van der Waals surface area contributed by atoms with Crippen LogP contribution in [0.5, 0.6) is 0 Å². The zero-order valence-electron chi connectivity index (χ0n) is 9.97. The van der Waals surface area contributed by atoms with Gasteiger partial charge in [0.2, 0.25) is 0 Å². The van der Waals surface area contributed by atoms with Crippen LogP contribution >= 0.6 is 0 Å². The Kier molecular flexibility index (Phi) is 10.6. The Labute approximate surface area is 98.4 Å². The van der Waals surface area contributed by atoms with Crippen molar-refractivity contribution in [3.8, 4) is 23.7 Å². The van der Waals surface area contributed by atoms with Gasteiger partial charge >= 0.3 is 0 Å². The van der Waals surface area contributed by atoms with E-state index in [2.05, 4.69) is 23.7 Å². The normalized spacial score (nSPS) is 8.56. The van der Waals surface area contributed by atoms with Crippen molar-refractivity contribution >= 4 is 5.97 Å². The van der Waals surface area contributed by atoms with E-state index in [1.807, 2.05) is 0 Å². The monoisotopic (exact) mass is 219 g/mol. The van der Waals surface area contributed by atoms with Crippen LogP contribution in [0.3, 0.4) is 0 Å². The van der Waals surface area contributed by atoms with Crippen molar-refractivity contribution in [3.05, 3.63) is 0 Å². The maximum atomic E-state index is 10.1. The number of hydrogen-bond donors (Lipinski definition) is 0. The zero-order chi connectivity index (χ0) is 12.1. The van der Waals surface area contributed by atoms with E-state index in [9.17, 15) is 9.90 Å². The lowest BCUT2D eigenvalue weighted by molar-refractivity contribution is -0.305. The molecule has 88 valence electrons. The maximum Gasteiger partial charge on any atom is 0.0414 e. The Bertz CT molecular complexity index is 296. The van der Waals surface area contributed by atoms with Gasteiger partial charge in [-0.3, -0.25) is 0 Å². The molecule has 0 bridgehead atoms. The molecular formula is C14H19O2-. The summed E-state index contributed by atoms with van der Waals surface area (Å²) < 4.78 is 0. The van der Waals surface area contributed by atoms with Crippen molar-refractivity contribution in [2.75, 3.05) is 0 Å². The summed E-state index contributed by atoms with van der Waals surface area (Å²) in [5.41, 5.74) is 0. The average Bonchev–Trinajstić information content (AvgIpc) is 2.25. The standard InChI is InChI=1S/C14H20O2/c1-2-3-4-5-6-7-8-9-10-11-12-13-14(15)16/h6-13H2,1H3,(H,15,16)/p-1. The molecule has 0 aromatic rings. The SMILES string of the molecule is CC#CC#CCCCCCCCCC(=O)[O-]. The highest BCUT2D eigenvalue weighted by atomic mass is 16.4. The van der Waals surface area contributed by atoms with Gasteiger partial charge < -0.3 is 9.90 Å². The van der Waals surface area contributed by atoms with Crippen LogP contribution in [-0.2, 0) is 4.79 Å². The third kappa shape index (κ3) is 12.6. The summed E-state index contributed by atoms with van der Waals surface area (Å²) in [6.45, 7) is 1.78. The molecule has 0 amide bonds. The van der Waals surface area contributed by atoms with E-state index in [1.165, 1.54) is 6.42 Å². The molecule has 0 aliphatic rings. The zero-order valence-corrected chi connectivity index (χ0v) is 9.97. The molecular weight excluding hydrogens is 200 g/mol. The van der Waals surface area contributed by atoms with Crippen LogP contribution in [0.2, 0.25) is 0 Å². The number of carboxylic acid groups (broad SMARTS) is 1. The van der Waals surface area contributed by atoms with E-state index in [4.69, 9.17) is 0 Å². The van der Waals surface area contributed by atoms with Crippen LogP contribution in [0.4, 0.5) is 0 Å². The first-order valence-electron chi connectivity index (χ1n) is 5.87. The lowest BCUT2D eigenvalue weighted by Crippen LogP contribution is -2.21. The van der Waals surface area contributed by atoms with E-state index in [0.29, 0.717) is 0 Å². The predicted molar refractivity (Wildman–Crippen MR) is 63.2 cm³/mol. The Morgan fingerprint density at radius 1 is 1.00 bits per heavy atom. The maximum absolute atomic E-state index is 10.1. The fourth-order valence-electron chi connectivity index (χ4n) is 1.36. The highest BCUT2D eigenvalue weighted by Gasteiger charge is 1.91. The lowest BCUT2D eigenvalue weighted by atomic mass is 10.1. The number of carbonyl (C=O) groups excluding carboxylic acids is 1. The van der Waals surface area contributed by atoms with Crippen molar-refractivity contribution < 1.29 is 9.90 Å². The Hall–Kier alpha value is -1.41. The second-order valence-electron chi connectivity index (χ2n) is 3.67. The first-order valence-corrected chi connectivity index (χ1v) is 5.87. The summed E-state index contributed by atoms with van der Waals surface area (Å²) in [6.07, 6.45) is 7.38. The summed E-state index contributed by atoms with van der Waals surface area (Å²) >= 11 is 0. The van der Waals surface area contributed by atoms with E-state index in [-0.39, 0.29) is 6.42 Å². The number of carbonyl (C=O) groups is 1. The largest absolute Gasteiger partial charge is 0.550 e. The minimum atomic E-state index is -0.938. The van der Waals surface area contributed by atoms with Gasteiger partial charge in [0.1, 0.15) is 0 Å². The van der Waals surface area contributed by atoms with Crippen LogP contribution in [0, 0.1) is 23.7 Å². The first-order chi connectivity index (χ1) is 7.77. The molecule has 0 unspecified atom stereocenters. The van der Waals surface area contributed by atoms with Crippen molar-refractivity contribution in [2.45, 2.75) is 58.3 Å². The molecule has 16 heavy (non-hydrogen) atoms. The van der Waals surface area contributed by atoms with Gasteiger partial charge in [0.15, 0.2) is 0 Å². The summed E-state index contributed by atoms with van der Waals surface area (Å²) in [5, 5.41) is 10.1. The Morgan fingerprint density at radius 3 is 2.25 bits per heavy atom. The summed E-state index contributed by atoms with van der Waals surface area (Å²) in [5.74, 6) is 10.3. The van der Waals surface area contributed by atoms with E-state index in [0.717, 1.165) is 38.5 Å². The molecule has 0 spiro atoms. The molecule has 2 nitrogen and oxygen atoms in total. The number of aliphatic carboxylic acids is 1. The molecule has 0 aliphatic heterocycles. The molecule has 0 heterocycles. The smallest absolute Gasteiger partial charge is 0.0414 e. The fourth-order valence-corrected chi connectivity index (χ4v) is 1.36. The van der Waals surface area contributed by atoms with Crippen LogP contribution in [-0.4, -0.2) is 5.97 Å². The quantitative estimate of drug-likeness (QED) is 0.462. The Balaban J connectivity index is 3.13. The van der Waals surface area contributed by atoms with Gasteiger partial charge in [-0.1, -0.05) is 37.5 Å². The summed E-state index contributed by atoms with van der Waals surface area (Å²) in [4.78, 5) is 10.1. The molecule has 0 fully saturated rings. The molecule has 0 radical (unpaired) electrons. The molecule has 0 aromatic carbocycles. The lowest BCUT2D eigenvalue weighted by Gasteiger charge is -2.01. The molecule has 0 N–H and O–H groups in total. The Morgan fingerprint density at radius 2 is 1.62 bits per heavy atom. The van der Waals surface area contributed by atoms with Crippen LogP contribution in [0.1, 0.15) is 58.3 Å². The average molecular weight is 219 g/mol. The predicted octanol–water partition coefficient (Wildman–Crippen LogP) is 1.88. The van der Waals surface area contributed by atoms with Gasteiger partial charge in [-0.2, -0.15) is 0 Å². The van der Waals surface area contributed by atoms with Crippen molar-refractivity contribution in [1.29, 1.82) is 0 Å². The van der Waals surface area contributed by atoms with E-state index in [1.54, 1.807) is 6.92 Å². The van der Waals surface area contributed by atoms with Gasteiger partial charge in [-0.05, 0) is 38.0 Å². The van der Waals surface area contributed by atoms with Gasteiger partial charge in [-0.15, -0.1) is 0 Å². The number of hydrogen-bond acceptors (Lipinski definition) is 2. The topological polar surface area (TPSA) is 40.1 Å². The minimum Gasteiger partial charge on any atom is -0.550 e. The second kappa shape index (κ2) is 11.7. The third-order valence-corrected chi connectivity index (χ3v) is 2.21. The van der Waals surface area contributed by atoms with Crippen LogP contribution in [0.25, 0.3) is 0 Å². The molecule has 0 aliphatic carbocycles. The molecule has 0 atom stereocenters. The number of carboxylic acids is 1. The molecule has 0 aromatic heterocycles. The van der Waals surface area contributed by atoms with E-state index >= 15 is 0 Å². The van der Waals surface area contributed by atoms with Crippen molar-refractivity contribution in [3.63, 3.8) is 0 Å². The summed E-state index contributed by atoms with van der Waals surface area (Å²) in [7, 11) is 0. The number of rotatable bonds is 8. The van der Waals surface area contributed by atoms with Crippen LogP contribution in [0.15, 0.2) is 0 Å². The fraction of sp³-hybridized carbons (Fsp3) is 0.643. The third-order valence-electron chi connectivity index (χ3n) is 2.21. The first kappa shape index (κ1) is 14.6. The van der Waals surface area contributed by atoms with E-state index < -0.39 is 5.97 Å².